The number of aliphatic hydroxyl groups excluding tert-OH is 1. The van der Waals surface area contributed by atoms with E-state index in [2.05, 4.69) is 22.5 Å². The van der Waals surface area contributed by atoms with Gasteiger partial charge in [-0.1, -0.05) is 75.1 Å². The monoisotopic (exact) mass is 560 g/mol. The van der Waals surface area contributed by atoms with Gasteiger partial charge in [-0.2, -0.15) is 0 Å². The van der Waals surface area contributed by atoms with Gasteiger partial charge in [0.15, 0.2) is 5.76 Å². The molecule has 39 heavy (non-hydrogen) atoms. The highest BCUT2D eigenvalue weighted by Crippen LogP contribution is 2.23. The lowest BCUT2D eigenvalue weighted by Crippen LogP contribution is -2.52. The van der Waals surface area contributed by atoms with Crippen LogP contribution in [0.15, 0.2) is 59.0 Å². The molecule has 2 amide bonds. The minimum absolute atomic E-state index is 0.0282. The lowest BCUT2D eigenvalue weighted by Gasteiger charge is -2.29. The highest BCUT2D eigenvalue weighted by Gasteiger charge is 2.32. The van der Waals surface area contributed by atoms with Gasteiger partial charge in [0.05, 0.1) is 13.2 Å². The predicted octanol–water partition coefficient (Wildman–Crippen LogP) is 4.42. The number of nitrogens with one attached hydrogen (secondary N) is 2. The van der Waals surface area contributed by atoms with Gasteiger partial charge < -0.3 is 25.2 Å². The fraction of sp³-hybridized carbons (Fsp3) is 0.500. The Hall–Kier alpha value is -3.28. The first-order chi connectivity index (χ1) is 18.2. The number of esters is 1. The van der Waals surface area contributed by atoms with Crippen molar-refractivity contribution in [3.05, 3.63) is 59.0 Å². The van der Waals surface area contributed by atoms with E-state index < -0.39 is 29.4 Å². The Kier molecular flexibility index (Phi) is 14.4. The molecule has 9 heteroatoms. The Morgan fingerprint density at radius 2 is 2.00 bits per heavy atom. The van der Waals surface area contributed by atoms with Gasteiger partial charge in [0.1, 0.15) is 12.1 Å². The summed E-state index contributed by atoms with van der Waals surface area (Å²) in [5.41, 5.74) is 0.331. The van der Waals surface area contributed by atoms with E-state index in [1.54, 1.807) is 37.3 Å². The Bertz CT molecular complexity index is 1080. The molecule has 0 aromatic rings. The van der Waals surface area contributed by atoms with Crippen molar-refractivity contribution in [2.24, 2.45) is 11.3 Å². The number of halogens is 1. The van der Waals surface area contributed by atoms with Crippen LogP contribution in [0.4, 0.5) is 0 Å². The Morgan fingerprint density at radius 3 is 2.59 bits per heavy atom. The van der Waals surface area contributed by atoms with Gasteiger partial charge in [-0.15, -0.1) is 0 Å². The molecule has 0 fully saturated rings. The summed E-state index contributed by atoms with van der Waals surface area (Å²) in [5, 5.41) is 15.8. The summed E-state index contributed by atoms with van der Waals surface area (Å²) in [4.78, 5) is 37.0. The smallest absolute Gasteiger partial charge is 0.373 e. The summed E-state index contributed by atoms with van der Waals surface area (Å²) in [6.45, 7) is 11.1. The second-order valence-electron chi connectivity index (χ2n) is 10.4. The predicted molar refractivity (Wildman–Crippen MR) is 153 cm³/mol. The Labute approximate surface area is 237 Å². The fourth-order valence-electron chi connectivity index (χ4n) is 3.58. The lowest BCUT2D eigenvalue weighted by molar-refractivity contribution is -0.151. The summed E-state index contributed by atoms with van der Waals surface area (Å²) in [5.74, 6) is 3.92. The molecule has 0 aliphatic carbocycles. The van der Waals surface area contributed by atoms with Crippen molar-refractivity contribution in [1.29, 1.82) is 0 Å². The van der Waals surface area contributed by atoms with Crippen LogP contribution in [0, 0.1) is 23.2 Å². The molecule has 1 rings (SSSR count). The first-order valence-electron chi connectivity index (χ1n) is 12.8. The number of carbonyl (C=O) groups is 3. The molecule has 3 N–H and O–H groups in total. The molecule has 8 nitrogen and oxygen atoms in total. The third-order valence-corrected chi connectivity index (χ3v) is 5.92. The average Bonchev–Trinajstić information content (AvgIpc) is 2.85. The van der Waals surface area contributed by atoms with Crippen LogP contribution in [0.2, 0.25) is 0 Å². The lowest BCUT2D eigenvalue weighted by atomic mass is 9.86. The topological polar surface area (TPSA) is 114 Å². The second-order valence-corrected chi connectivity index (χ2v) is 11.0. The first kappa shape index (κ1) is 33.7. The van der Waals surface area contributed by atoms with Crippen LogP contribution in [-0.2, 0) is 23.9 Å². The summed E-state index contributed by atoms with van der Waals surface area (Å²) in [7, 11) is 1.43. The van der Waals surface area contributed by atoms with E-state index in [4.69, 9.17) is 21.1 Å². The van der Waals surface area contributed by atoms with E-state index in [-0.39, 0.29) is 23.7 Å². The van der Waals surface area contributed by atoms with E-state index in [0.29, 0.717) is 24.3 Å². The van der Waals surface area contributed by atoms with Gasteiger partial charge in [0, 0.05) is 17.4 Å². The molecule has 0 saturated heterocycles. The van der Waals surface area contributed by atoms with Crippen molar-refractivity contribution in [2.45, 2.75) is 79.1 Å². The molecule has 0 aromatic heterocycles. The maximum atomic E-state index is 12.7. The van der Waals surface area contributed by atoms with Crippen molar-refractivity contribution in [1.82, 2.24) is 10.6 Å². The van der Waals surface area contributed by atoms with E-state index in [9.17, 15) is 19.5 Å². The van der Waals surface area contributed by atoms with Gasteiger partial charge in [0.25, 0.3) is 5.91 Å². The van der Waals surface area contributed by atoms with E-state index >= 15 is 0 Å². The molecule has 0 aromatic carbocycles. The molecule has 1 heterocycles. The van der Waals surface area contributed by atoms with Crippen LogP contribution >= 0.6 is 11.6 Å². The summed E-state index contributed by atoms with van der Waals surface area (Å²) < 4.78 is 10.4. The molecule has 0 saturated carbocycles. The highest BCUT2D eigenvalue weighted by atomic mass is 35.5. The van der Waals surface area contributed by atoms with Crippen LogP contribution < -0.4 is 10.6 Å². The maximum Gasteiger partial charge on any atom is 0.373 e. The summed E-state index contributed by atoms with van der Waals surface area (Å²) >= 11 is 5.76. The third-order valence-electron chi connectivity index (χ3n) is 5.77. The SMILES string of the molecule is COC1=CCC([C@@H](C)/C=C(C)/C=C\C#CC(=O)NC(C(=O)N/C=C\CC(O)C/C=C(\C)Cl)C(C)(C)C)OC1=O. The first-order valence-corrected chi connectivity index (χ1v) is 13.2. The van der Waals surface area contributed by atoms with Gasteiger partial charge in [-0.25, -0.2) is 4.79 Å². The number of amides is 2. The molecule has 0 radical (unpaired) electrons. The zero-order valence-electron chi connectivity index (χ0n) is 23.8. The van der Waals surface area contributed by atoms with Gasteiger partial charge in [0.2, 0.25) is 5.91 Å². The third kappa shape index (κ3) is 13.4. The fourth-order valence-corrected chi connectivity index (χ4v) is 3.67. The van der Waals surface area contributed by atoms with Gasteiger partial charge >= 0.3 is 5.97 Å². The van der Waals surface area contributed by atoms with E-state index in [0.717, 1.165) is 5.57 Å². The molecular weight excluding hydrogens is 520 g/mol. The molecule has 0 bridgehead atoms. The number of hydrogen-bond acceptors (Lipinski definition) is 6. The van der Waals surface area contributed by atoms with Crippen molar-refractivity contribution >= 4 is 29.4 Å². The largest absolute Gasteiger partial charge is 0.490 e. The van der Waals surface area contributed by atoms with Crippen LogP contribution in [0.25, 0.3) is 0 Å². The van der Waals surface area contributed by atoms with Crippen LogP contribution in [0.1, 0.15) is 60.8 Å². The van der Waals surface area contributed by atoms with Crippen molar-refractivity contribution in [2.75, 3.05) is 7.11 Å². The van der Waals surface area contributed by atoms with Gasteiger partial charge in [-0.3, -0.25) is 9.59 Å². The molecule has 0 spiro atoms. The summed E-state index contributed by atoms with van der Waals surface area (Å²) in [6, 6.07) is -0.826. The van der Waals surface area contributed by atoms with Crippen LogP contribution in [0.3, 0.4) is 0 Å². The standard InChI is InChI=1S/C30H41ClN2O6/c1-20(19-21(2)24-16-17-25(38-7)29(37)39-24)11-8-9-13-26(35)33-27(30(4,5)6)28(36)32-18-10-12-23(34)15-14-22(3)31/h8,10-11,14,17-19,21,23-24,27,34H,12,15-16H2,1-7H3,(H,32,36)(H,33,35)/b11-8-,18-10-,20-19+,22-14+/t21-,23?,24?,27?/m0/s1. The molecule has 1 aliphatic rings. The molecule has 4 atom stereocenters. The van der Waals surface area contributed by atoms with Crippen LogP contribution in [-0.4, -0.2) is 48.2 Å². The number of hydrogen-bond donors (Lipinski definition) is 3. The molecule has 214 valence electrons. The number of methoxy groups -OCH3 is 1. The normalized spacial score (nSPS) is 18.9. The quantitative estimate of drug-likeness (QED) is 0.196. The number of rotatable bonds is 11. The maximum absolute atomic E-state index is 12.7. The van der Waals surface area contributed by atoms with E-state index in [1.807, 2.05) is 40.7 Å². The highest BCUT2D eigenvalue weighted by molar-refractivity contribution is 6.29. The Morgan fingerprint density at radius 1 is 1.31 bits per heavy atom. The number of aliphatic hydroxyl groups is 1. The summed E-state index contributed by atoms with van der Waals surface area (Å²) in [6.07, 6.45) is 12.3. The number of carbonyl (C=O) groups excluding carboxylic acids is 3. The number of cyclic esters (lactones) is 1. The van der Waals surface area contributed by atoms with Crippen molar-refractivity contribution in [3.63, 3.8) is 0 Å². The molecular formula is C30H41ClN2O6. The molecule has 3 unspecified atom stereocenters. The van der Waals surface area contributed by atoms with Gasteiger partial charge in [-0.05, 0) is 56.4 Å². The second kappa shape index (κ2) is 16.6. The van der Waals surface area contributed by atoms with E-state index in [1.165, 1.54) is 13.3 Å². The average molecular weight is 561 g/mol. The van der Waals surface area contributed by atoms with Crippen LogP contribution in [0.5, 0.6) is 0 Å². The molecule has 1 aliphatic heterocycles. The minimum atomic E-state index is -0.826. The number of ether oxygens (including phenoxy) is 2. The zero-order chi connectivity index (χ0) is 29.6. The minimum Gasteiger partial charge on any atom is -0.490 e. The van der Waals surface area contributed by atoms with Crippen molar-refractivity contribution in [3.8, 4) is 11.8 Å². The Balaban J connectivity index is 2.67. The zero-order valence-corrected chi connectivity index (χ0v) is 24.6. The van der Waals surface area contributed by atoms with Crippen molar-refractivity contribution < 1.29 is 29.0 Å². The number of allylic oxidation sites excluding steroid dienone is 4.